The van der Waals surface area contributed by atoms with Gasteiger partial charge in [-0.05, 0) is 33.6 Å². The number of hydrogen-bond acceptors (Lipinski definition) is 8. The van der Waals surface area contributed by atoms with Crippen molar-refractivity contribution in [2.24, 2.45) is 0 Å². The minimum atomic E-state index is -1.24. The predicted molar refractivity (Wildman–Crippen MR) is 116 cm³/mol. The normalized spacial score (nSPS) is 11.0. The van der Waals surface area contributed by atoms with Crippen molar-refractivity contribution in [2.45, 2.75) is 59.1 Å². The first kappa shape index (κ1) is 28.6. The van der Waals surface area contributed by atoms with Crippen LogP contribution in [0.1, 0.15) is 47.5 Å². The van der Waals surface area contributed by atoms with E-state index in [4.69, 9.17) is 23.7 Å². The fourth-order valence-electron chi connectivity index (χ4n) is 2.07. The molecule has 0 spiro atoms. The van der Waals surface area contributed by atoms with Gasteiger partial charge in [0, 0.05) is 24.4 Å². The van der Waals surface area contributed by atoms with Gasteiger partial charge < -0.3 is 29.0 Å². The van der Waals surface area contributed by atoms with Crippen LogP contribution in [-0.4, -0.2) is 69.3 Å². The highest BCUT2D eigenvalue weighted by Crippen LogP contribution is 2.10. The molecule has 0 aromatic heterocycles. The van der Waals surface area contributed by atoms with Crippen LogP contribution in [0.25, 0.3) is 0 Å². The number of carbonyl (C=O) groups is 3. The van der Waals surface area contributed by atoms with Crippen LogP contribution in [0.3, 0.4) is 0 Å². The summed E-state index contributed by atoms with van der Waals surface area (Å²) in [6.07, 6.45) is 0.243. The van der Waals surface area contributed by atoms with E-state index in [0.29, 0.717) is 13.2 Å². The molecule has 0 bridgehead atoms. The van der Waals surface area contributed by atoms with Crippen molar-refractivity contribution in [3.8, 4) is 0 Å². The first-order valence-electron chi connectivity index (χ1n) is 10.3. The Hall–Kier alpha value is -2.39. The van der Waals surface area contributed by atoms with Crippen LogP contribution in [0.2, 0.25) is 0 Å². The summed E-state index contributed by atoms with van der Waals surface area (Å²) in [5, 5.41) is 2.61. The Bertz CT molecular complexity index is 577. The molecule has 0 aromatic carbocycles. The molecule has 0 saturated carbocycles. The lowest BCUT2D eigenvalue weighted by Gasteiger charge is -2.30. The summed E-state index contributed by atoms with van der Waals surface area (Å²) in [5.74, 6) is -1.27. The molecule has 0 radical (unpaired) electrons. The van der Waals surface area contributed by atoms with E-state index in [0.717, 1.165) is 12.8 Å². The maximum atomic E-state index is 12.5. The summed E-state index contributed by atoms with van der Waals surface area (Å²) in [7, 11) is 0. The van der Waals surface area contributed by atoms with E-state index in [2.05, 4.69) is 18.5 Å². The largest absolute Gasteiger partial charge is 0.460 e. The van der Waals surface area contributed by atoms with Crippen molar-refractivity contribution in [1.29, 1.82) is 0 Å². The Morgan fingerprint density at radius 3 is 1.65 bits per heavy atom. The van der Waals surface area contributed by atoms with Crippen LogP contribution in [-0.2, 0) is 33.3 Å². The van der Waals surface area contributed by atoms with E-state index in [1.807, 2.05) is 13.8 Å². The highest BCUT2D eigenvalue weighted by molar-refractivity contribution is 5.87. The van der Waals surface area contributed by atoms with Gasteiger partial charge in [-0.2, -0.15) is 0 Å². The number of alkyl carbamates (subject to hydrolysis) is 1. The molecule has 9 heteroatoms. The molecule has 0 saturated heterocycles. The first-order chi connectivity index (χ1) is 14.5. The minimum Gasteiger partial charge on any atom is -0.460 e. The average Bonchev–Trinajstić information content (AvgIpc) is 2.70. The second-order valence-electron chi connectivity index (χ2n) is 7.58. The number of rotatable bonds is 16. The Morgan fingerprint density at radius 1 is 0.871 bits per heavy atom. The maximum Gasteiger partial charge on any atom is 0.408 e. The molecule has 0 unspecified atom stereocenters. The smallest absolute Gasteiger partial charge is 0.408 e. The van der Waals surface area contributed by atoms with Gasteiger partial charge in [0.05, 0.1) is 13.2 Å². The average molecular weight is 444 g/mol. The highest BCUT2D eigenvalue weighted by Gasteiger charge is 2.32. The van der Waals surface area contributed by atoms with Crippen LogP contribution in [0.4, 0.5) is 4.79 Å². The molecular weight excluding hydrogens is 406 g/mol. The number of hydrogen-bond donors (Lipinski definition) is 1. The Labute approximate surface area is 185 Å². The van der Waals surface area contributed by atoms with Crippen LogP contribution in [0.5, 0.6) is 0 Å². The van der Waals surface area contributed by atoms with Gasteiger partial charge >= 0.3 is 18.0 Å². The molecule has 0 fully saturated rings. The molecule has 0 aromatic rings. The minimum absolute atomic E-state index is 0.178. The lowest BCUT2D eigenvalue weighted by molar-refractivity contribution is -0.145. The predicted octanol–water partition coefficient (Wildman–Crippen LogP) is 2.93. The molecule has 178 valence electrons. The molecular formula is C22H37NO8. The van der Waals surface area contributed by atoms with Crippen LogP contribution in [0.15, 0.2) is 24.3 Å². The van der Waals surface area contributed by atoms with Gasteiger partial charge in [-0.3, -0.25) is 0 Å². The molecule has 31 heavy (non-hydrogen) atoms. The lowest BCUT2D eigenvalue weighted by Crippen LogP contribution is -2.54. The van der Waals surface area contributed by atoms with Gasteiger partial charge in [0.2, 0.25) is 0 Å². The fourth-order valence-corrected chi connectivity index (χ4v) is 2.07. The van der Waals surface area contributed by atoms with Gasteiger partial charge in [-0.25, -0.2) is 14.4 Å². The van der Waals surface area contributed by atoms with Crippen molar-refractivity contribution in [2.75, 3.05) is 39.6 Å². The van der Waals surface area contributed by atoms with Crippen LogP contribution in [0, 0.1) is 0 Å². The monoisotopic (exact) mass is 443 g/mol. The molecule has 0 heterocycles. The van der Waals surface area contributed by atoms with E-state index in [9.17, 15) is 14.4 Å². The van der Waals surface area contributed by atoms with E-state index < -0.39 is 29.7 Å². The zero-order chi connectivity index (χ0) is 23.9. The van der Waals surface area contributed by atoms with Crippen molar-refractivity contribution < 1.29 is 38.1 Å². The van der Waals surface area contributed by atoms with Crippen molar-refractivity contribution in [1.82, 2.24) is 5.32 Å². The third kappa shape index (κ3) is 13.5. The number of carbonyl (C=O) groups excluding carboxylic acids is 3. The lowest BCUT2D eigenvalue weighted by atomic mass is 10.1. The number of nitrogens with one attached hydrogen (secondary N) is 1. The summed E-state index contributed by atoms with van der Waals surface area (Å²) in [4.78, 5) is 36.1. The Balaban J connectivity index is 5.11. The number of esters is 2. The highest BCUT2D eigenvalue weighted by atomic mass is 16.6. The zero-order valence-electron chi connectivity index (χ0n) is 19.4. The van der Waals surface area contributed by atoms with Crippen molar-refractivity contribution in [3.63, 3.8) is 0 Å². The van der Waals surface area contributed by atoms with Crippen LogP contribution < -0.4 is 5.32 Å². The van der Waals surface area contributed by atoms with E-state index >= 15 is 0 Å². The zero-order valence-corrected chi connectivity index (χ0v) is 19.4. The topological polar surface area (TPSA) is 109 Å². The molecule has 0 atom stereocenters. The van der Waals surface area contributed by atoms with E-state index in [-0.39, 0.29) is 37.6 Å². The fraction of sp³-hybridized carbons (Fsp3) is 0.682. The third-order valence-corrected chi connectivity index (χ3v) is 3.72. The van der Waals surface area contributed by atoms with Gasteiger partial charge in [0.25, 0.3) is 0 Å². The van der Waals surface area contributed by atoms with Crippen LogP contribution >= 0.6 is 0 Å². The summed E-state index contributed by atoms with van der Waals surface area (Å²) >= 11 is 0. The molecule has 9 nitrogen and oxygen atoms in total. The molecule has 0 aliphatic rings. The molecule has 0 aliphatic heterocycles. The molecule has 0 aliphatic carbocycles. The molecule has 1 amide bonds. The quantitative estimate of drug-likeness (QED) is 0.168. The summed E-state index contributed by atoms with van der Waals surface area (Å²) in [5.41, 5.74) is -0.845. The second kappa shape index (κ2) is 15.4. The third-order valence-electron chi connectivity index (χ3n) is 3.72. The van der Waals surface area contributed by atoms with Gasteiger partial charge in [0.15, 0.2) is 6.10 Å². The molecule has 0 rings (SSSR count). The van der Waals surface area contributed by atoms with Gasteiger partial charge in [-0.1, -0.05) is 27.0 Å². The number of amides is 1. The van der Waals surface area contributed by atoms with Crippen molar-refractivity contribution in [3.05, 3.63) is 24.3 Å². The summed E-state index contributed by atoms with van der Waals surface area (Å²) < 4.78 is 26.7. The van der Waals surface area contributed by atoms with E-state index in [1.54, 1.807) is 6.92 Å². The standard InChI is InChI=1S/C22H37NO8/c1-8-10-27-12-18(13-28-11-9-2)31-21(26)23-22(7,14-29-19(24)16(3)4)15-30-20(25)17(5)6/h18H,3,5,8-15H2,1-2,4,6-7H3,(H,23,26). The van der Waals surface area contributed by atoms with Crippen molar-refractivity contribution >= 4 is 18.0 Å². The number of ether oxygens (including phenoxy) is 5. The molecule has 1 N–H and O–H groups in total. The Kier molecular flexibility index (Phi) is 14.2. The second-order valence-corrected chi connectivity index (χ2v) is 7.58. The van der Waals surface area contributed by atoms with Gasteiger partial charge in [-0.15, -0.1) is 0 Å². The first-order valence-corrected chi connectivity index (χ1v) is 10.3. The SMILES string of the molecule is C=C(C)C(=O)OCC(C)(COC(=O)C(=C)C)NC(=O)OC(COCCC)COCCC. The summed E-state index contributed by atoms with van der Waals surface area (Å²) in [6.45, 7) is 16.4. The maximum absolute atomic E-state index is 12.5. The summed E-state index contributed by atoms with van der Waals surface area (Å²) in [6, 6.07) is 0. The Morgan fingerprint density at radius 2 is 1.29 bits per heavy atom. The van der Waals surface area contributed by atoms with Gasteiger partial charge in [0.1, 0.15) is 18.8 Å². The van der Waals surface area contributed by atoms with E-state index in [1.165, 1.54) is 13.8 Å².